The van der Waals surface area contributed by atoms with Crippen molar-refractivity contribution in [3.8, 4) is 0 Å². The quantitative estimate of drug-likeness (QED) is 0.733. The van der Waals surface area contributed by atoms with Crippen LogP contribution in [0.3, 0.4) is 0 Å². The normalized spacial score (nSPS) is 20.7. The van der Waals surface area contributed by atoms with Crippen molar-refractivity contribution in [1.29, 1.82) is 0 Å². The summed E-state index contributed by atoms with van der Waals surface area (Å²) in [6, 6.07) is 4.34. The van der Waals surface area contributed by atoms with E-state index in [1.54, 1.807) is 0 Å². The van der Waals surface area contributed by atoms with Gasteiger partial charge in [-0.1, -0.05) is 13.0 Å². The minimum absolute atomic E-state index is 0.339. The van der Waals surface area contributed by atoms with Crippen molar-refractivity contribution in [2.75, 3.05) is 13.1 Å². The van der Waals surface area contributed by atoms with Gasteiger partial charge in [-0.2, -0.15) is 0 Å². The molecule has 0 unspecified atom stereocenters. The van der Waals surface area contributed by atoms with Crippen molar-refractivity contribution in [2.45, 2.75) is 32.1 Å². The van der Waals surface area contributed by atoms with E-state index in [0.29, 0.717) is 5.41 Å². The van der Waals surface area contributed by atoms with E-state index >= 15 is 0 Å². The predicted octanol–water partition coefficient (Wildman–Crippen LogP) is 2.03. The van der Waals surface area contributed by atoms with Crippen LogP contribution in [0.15, 0.2) is 18.3 Å². The standard InChI is InChI=1S/C12H18N2/c1-10-3-4-11(9-14-10)12(2)5-7-13-8-6-12/h3-4,9,13H,5-8H2,1-2H3. The second kappa shape index (κ2) is 3.70. The molecule has 2 nitrogen and oxygen atoms in total. The van der Waals surface area contributed by atoms with E-state index in [0.717, 1.165) is 18.8 Å². The van der Waals surface area contributed by atoms with Gasteiger partial charge in [-0.25, -0.2) is 0 Å². The van der Waals surface area contributed by atoms with Crippen molar-refractivity contribution < 1.29 is 0 Å². The largest absolute Gasteiger partial charge is 0.317 e. The lowest BCUT2D eigenvalue weighted by molar-refractivity contribution is 0.334. The number of nitrogens with one attached hydrogen (secondary N) is 1. The summed E-state index contributed by atoms with van der Waals surface area (Å²) in [5.74, 6) is 0. The Bertz CT molecular complexity index is 297. The van der Waals surface area contributed by atoms with Gasteiger partial charge in [-0.15, -0.1) is 0 Å². The van der Waals surface area contributed by atoms with Crippen molar-refractivity contribution in [1.82, 2.24) is 10.3 Å². The third-order valence-corrected chi connectivity index (χ3v) is 3.32. The van der Waals surface area contributed by atoms with E-state index in [9.17, 15) is 0 Å². The van der Waals surface area contributed by atoms with E-state index in [1.807, 2.05) is 13.1 Å². The molecule has 0 aromatic carbocycles. The molecule has 1 aromatic rings. The van der Waals surface area contributed by atoms with Crippen molar-refractivity contribution in [3.05, 3.63) is 29.6 Å². The van der Waals surface area contributed by atoms with Crippen LogP contribution in [0.5, 0.6) is 0 Å². The highest BCUT2D eigenvalue weighted by molar-refractivity contribution is 5.23. The van der Waals surface area contributed by atoms with Crippen LogP contribution in [0.4, 0.5) is 0 Å². The molecule has 2 rings (SSSR count). The fourth-order valence-electron chi connectivity index (χ4n) is 2.09. The van der Waals surface area contributed by atoms with Gasteiger partial charge in [0.25, 0.3) is 0 Å². The highest BCUT2D eigenvalue weighted by Gasteiger charge is 2.28. The molecule has 14 heavy (non-hydrogen) atoms. The number of hydrogen-bond donors (Lipinski definition) is 1. The van der Waals surface area contributed by atoms with E-state index in [4.69, 9.17) is 0 Å². The summed E-state index contributed by atoms with van der Waals surface area (Å²) in [5, 5.41) is 3.40. The zero-order valence-electron chi connectivity index (χ0n) is 9.01. The van der Waals surface area contributed by atoms with Gasteiger partial charge in [0.1, 0.15) is 0 Å². The second-order valence-corrected chi connectivity index (χ2v) is 4.50. The Labute approximate surface area is 85.7 Å². The van der Waals surface area contributed by atoms with E-state index in [2.05, 4.69) is 29.4 Å². The number of rotatable bonds is 1. The number of piperidine rings is 1. The van der Waals surface area contributed by atoms with Crippen LogP contribution in [0.2, 0.25) is 0 Å². The predicted molar refractivity (Wildman–Crippen MR) is 58.4 cm³/mol. The van der Waals surface area contributed by atoms with Gasteiger partial charge >= 0.3 is 0 Å². The van der Waals surface area contributed by atoms with E-state index in [1.165, 1.54) is 18.4 Å². The summed E-state index contributed by atoms with van der Waals surface area (Å²) in [7, 11) is 0. The van der Waals surface area contributed by atoms with Crippen molar-refractivity contribution in [3.63, 3.8) is 0 Å². The van der Waals surface area contributed by atoms with Crippen molar-refractivity contribution in [2.24, 2.45) is 0 Å². The van der Waals surface area contributed by atoms with E-state index in [-0.39, 0.29) is 0 Å². The molecule has 2 heteroatoms. The maximum atomic E-state index is 4.38. The van der Waals surface area contributed by atoms with Crippen LogP contribution >= 0.6 is 0 Å². The van der Waals surface area contributed by atoms with Crippen LogP contribution in [-0.2, 0) is 5.41 Å². The highest BCUT2D eigenvalue weighted by atomic mass is 14.9. The molecule has 0 bridgehead atoms. The molecule has 0 radical (unpaired) electrons. The molecule has 1 fully saturated rings. The molecule has 0 atom stereocenters. The van der Waals surface area contributed by atoms with Crippen LogP contribution in [-0.4, -0.2) is 18.1 Å². The Morgan fingerprint density at radius 3 is 2.57 bits per heavy atom. The Morgan fingerprint density at radius 2 is 2.00 bits per heavy atom. The van der Waals surface area contributed by atoms with E-state index < -0.39 is 0 Å². The van der Waals surface area contributed by atoms with Crippen LogP contribution in [0.25, 0.3) is 0 Å². The highest BCUT2D eigenvalue weighted by Crippen LogP contribution is 2.32. The van der Waals surface area contributed by atoms with Gasteiger partial charge in [0.2, 0.25) is 0 Å². The maximum Gasteiger partial charge on any atom is 0.0372 e. The second-order valence-electron chi connectivity index (χ2n) is 4.50. The lowest BCUT2D eigenvalue weighted by atomic mass is 9.76. The minimum atomic E-state index is 0.339. The molecule has 1 N–H and O–H groups in total. The molecular formula is C12H18N2. The monoisotopic (exact) mass is 190 g/mol. The Hall–Kier alpha value is -0.890. The fourth-order valence-corrected chi connectivity index (χ4v) is 2.09. The van der Waals surface area contributed by atoms with Gasteiger partial charge in [-0.3, -0.25) is 4.98 Å². The Morgan fingerprint density at radius 1 is 1.29 bits per heavy atom. The SMILES string of the molecule is Cc1ccc(C2(C)CCNCC2)cn1. The molecule has 2 heterocycles. The molecule has 1 aliphatic rings. The molecule has 76 valence electrons. The van der Waals surface area contributed by atoms with Gasteiger partial charge < -0.3 is 5.32 Å². The van der Waals surface area contributed by atoms with Gasteiger partial charge in [-0.05, 0) is 49.9 Å². The summed E-state index contributed by atoms with van der Waals surface area (Å²) in [5.41, 5.74) is 2.84. The molecule has 1 aliphatic heterocycles. The molecule has 0 spiro atoms. The average molecular weight is 190 g/mol. The Kier molecular flexibility index (Phi) is 2.55. The number of aromatic nitrogens is 1. The molecule has 0 aliphatic carbocycles. The molecular weight excluding hydrogens is 172 g/mol. The fraction of sp³-hybridized carbons (Fsp3) is 0.583. The lowest BCUT2D eigenvalue weighted by Gasteiger charge is -2.34. The van der Waals surface area contributed by atoms with Gasteiger partial charge in [0.15, 0.2) is 0 Å². The third-order valence-electron chi connectivity index (χ3n) is 3.32. The summed E-state index contributed by atoms with van der Waals surface area (Å²) in [4.78, 5) is 4.38. The van der Waals surface area contributed by atoms with Gasteiger partial charge in [0.05, 0.1) is 0 Å². The Balaban J connectivity index is 2.23. The summed E-state index contributed by atoms with van der Waals surface area (Å²) >= 11 is 0. The first-order chi connectivity index (χ1) is 6.71. The lowest BCUT2D eigenvalue weighted by Crippen LogP contribution is -2.37. The molecule has 0 amide bonds. The zero-order valence-corrected chi connectivity index (χ0v) is 9.01. The average Bonchev–Trinajstić information content (AvgIpc) is 2.19. The molecule has 1 aromatic heterocycles. The van der Waals surface area contributed by atoms with Crippen LogP contribution in [0, 0.1) is 6.92 Å². The summed E-state index contributed by atoms with van der Waals surface area (Å²) in [6.45, 7) is 6.64. The topological polar surface area (TPSA) is 24.9 Å². The van der Waals surface area contributed by atoms with Crippen molar-refractivity contribution >= 4 is 0 Å². The molecule has 1 saturated heterocycles. The number of hydrogen-bond acceptors (Lipinski definition) is 2. The van der Waals surface area contributed by atoms with Crippen LogP contribution in [0.1, 0.15) is 31.0 Å². The number of pyridine rings is 1. The smallest absolute Gasteiger partial charge is 0.0372 e. The van der Waals surface area contributed by atoms with Crippen LogP contribution < -0.4 is 5.32 Å². The minimum Gasteiger partial charge on any atom is -0.317 e. The third kappa shape index (κ3) is 1.80. The first-order valence-corrected chi connectivity index (χ1v) is 5.35. The number of aryl methyl sites for hydroxylation is 1. The first kappa shape index (κ1) is 9.66. The molecule has 0 saturated carbocycles. The summed E-state index contributed by atoms with van der Waals surface area (Å²) < 4.78 is 0. The first-order valence-electron chi connectivity index (χ1n) is 5.35. The zero-order chi connectivity index (χ0) is 10.0. The number of nitrogens with zero attached hydrogens (tertiary/aromatic N) is 1. The summed E-state index contributed by atoms with van der Waals surface area (Å²) in [6.07, 6.45) is 4.48. The van der Waals surface area contributed by atoms with Gasteiger partial charge in [0, 0.05) is 11.9 Å². The maximum absolute atomic E-state index is 4.38.